The fourth-order valence-electron chi connectivity index (χ4n) is 2.29. The Hall–Kier alpha value is -1.65. The lowest BCUT2D eigenvalue weighted by molar-refractivity contribution is 0.414. The standard InChI is InChI=1S/C16H15ClN2OS/c1-9-10(2)21-16-14(9)15(17)18-13(19-16)8-11-5-4-6-12(7-11)20-3/h4-7H,8H2,1-3H3. The van der Waals surface area contributed by atoms with Crippen LogP contribution >= 0.6 is 22.9 Å². The first-order valence-corrected chi connectivity index (χ1v) is 7.83. The topological polar surface area (TPSA) is 35.0 Å². The van der Waals surface area contributed by atoms with E-state index in [1.54, 1.807) is 18.4 Å². The minimum atomic E-state index is 0.541. The second kappa shape index (κ2) is 5.62. The molecule has 3 nitrogen and oxygen atoms in total. The number of thiophene rings is 1. The fraction of sp³-hybridized carbons (Fsp3) is 0.250. The summed E-state index contributed by atoms with van der Waals surface area (Å²) in [4.78, 5) is 11.3. The van der Waals surface area contributed by atoms with Crippen molar-refractivity contribution in [1.82, 2.24) is 9.97 Å². The Bertz CT molecular complexity index is 813. The number of aryl methyl sites for hydroxylation is 2. The molecule has 0 saturated carbocycles. The second-order valence-electron chi connectivity index (χ2n) is 4.92. The summed E-state index contributed by atoms with van der Waals surface area (Å²) in [7, 11) is 1.66. The van der Waals surface area contributed by atoms with Gasteiger partial charge in [0.05, 0.1) is 12.5 Å². The highest BCUT2D eigenvalue weighted by Gasteiger charge is 2.13. The molecular formula is C16H15ClN2OS. The normalized spacial score (nSPS) is 11.0. The summed E-state index contributed by atoms with van der Waals surface area (Å²) in [5, 5.41) is 1.52. The highest BCUT2D eigenvalue weighted by atomic mass is 35.5. The molecule has 3 aromatic rings. The molecule has 0 N–H and O–H groups in total. The van der Waals surface area contributed by atoms with Gasteiger partial charge in [0.25, 0.3) is 0 Å². The maximum atomic E-state index is 6.34. The van der Waals surface area contributed by atoms with E-state index >= 15 is 0 Å². The lowest BCUT2D eigenvalue weighted by atomic mass is 10.1. The summed E-state index contributed by atoms with van der Waals surface area (Å²) in [6.45, 7) is 4.14. The molecular weight excluding hydrogens is 304 g/mol. The van der Waals surface area contributed by atoms with Crippen LogP contribution in [0.2, 0.25) is 5.15 Å². The lowest BCUT2D eigenvalue weighted by Gasteiger charge is -2.05. The average molecular weight is 319 g/mol. The molecule has 0 unspecified atom stereocenters. The number of hydrogen-bond acceptors (Lipinski definition) is 4. The van der Waals surface area contributed by atoms with Crippen molar-refractivity contribution >= 4 is 33.2 Å². The number of ether oxygens (including phenoxy) is 1. The number of fused-ring (bicyclic) bond motifs is 1. The van der Waals surface area contributed by atoms with Gasteiger partial charge in [-0.25, -0.2) is 9.97 Å². The van der Waals surface area contributed by atoms with Crippen molar-refractivity contribution in [2.24, 2.45) is 0 Å². The Balaban J connectivity index is 2.01. The highest BCUT2D eigenvalue weighted by Crippen LogP contribution is 2.33. The molecule has 21 heavy (non-hydrogen) atoms. The van der Waals surface area contributed by atoms with Crippen molar-refractivity contribution in [2.45, 2.75) is 20.3 Å². The average Bonchev–Trinajstić information content (AvgIpc) is 2.74. The fourth-order valence-corrected chi connectivity index (χ4v) is 3.72. The van der Waals surface area contributed by atoms with E-state index in [-0.39, 0.29) is 0 Å². The molecule has 0 fully saturated rings. The molecule has 2 heterocycles. The third-order valence-corrected chi connectivity index (χ3v) is 4.90. The summed E-state index contributed by atoms with van der Waals surface area (Å²) in [5.41, 5.74) is 2.28. The Morgan fingerprint density at radius 2 is 2.05 bits per heavy atom. The zero-order valence-corrected chi connectivity index (χ0v) is 13.7. The smallest absolute Gasteiger partial charge is 0.141 e. The van der Waals surface area contributed by atoms with Crippen LogP contribution in [0.1, 0.15) is 21.8 Å². The van der Waals surface area contributed by atoms with Gasteiger partial charge >= 0.3 is 0 Å². The van der Waals surface area contributed by atoms with Gasteiger partial charge in [-0.15, -0.1) is 11.3 Å². The van der Waals surface area contributed by atoms with E-state index in [0.717, 1.165) is 27.4 Å². The van der Waals surface area contributed by atoms with Crippen molar-refractivity contribution in [3.63, 3.8) is 0 Å². The summed E-state index contributed by atoms with van der Waals surface area (Å²) in [6.07, 6.45) is 0.642. The molecule has 5 heteroatoms. The number of hydrogen-bond donors (Lipinski definition) is 0. The molecule has 0 spiro atoms. The van der Waals surface area contributed by atoms with Crippen LogP contribution in [-0.2, 0) is 6.42 Å². The minimum absolute atomic E-state index is 0.541. The van der Waals surface area contributed by atoms with Gasteiger partial charge in [0.2, 0.25) is 0 Å². The summed E-state index contributed by atoms with van der Waals surface area (Å²) >= 11 is 8.00. The number of rotatable bonds is 3. The van der Waals surface area contributed by atoms with Crippen LogP contribution < -0.4 is 4.74 Å². The Morgan fingerprint density at radius 1 is 1.24 bits per heavy atom. The van der Waals surface area contributed by atoms with E-state index in [1.165, 1.54) is 10.4 Å². The molecule has 2 aromatic heterocycles. The zero-order valence-electron chi connectivity index (χ0n) is 12.1. The predicted octanol–water partition coefficient (Wildman–Crippen LogP) is 4.56. The van der Waals surface area contributed by atoms with Gasteiger partial charge in [0, 0.05) is 11.3 Å². The van der Waals surface area contributed by atoms with Crippen LogP contribution in [0, 0.1) is 13.8 Å². The van der Waals surface area contributed by atoms with E-state index < -0.39 is 0 Å². The van der Waals surface area contributed by atoms with E-state index in [2.05, 4.69) is 23.8 Å². The molecule has 0 atom stereocenters. The predicted molar refractivity (Wildman–Crippen MR) is 87.7 cm³/mol. The second-order valence-corrected chi connectivity index (χ2v) is 6.48. The maximum absolute atomic E-state index is 6.34. The SMILES string of the molecule is COc1cccc(Cc2nc(Cl)c3c(C)c(C)sc3n2)c1. The van der Waals surface area contributed by atoms with Gasteiger partial charge in [-0.3, -0.25) is 0 Å². The van der Waals surface area contributed by atoms with Crippen molar-refractivity contribution < 1.29 is 4.74 Å². The molecule has 0 saturated heterocycles. The first-order chi connectivity index (χ1) is 10.1. The van der Waals surface area contributed by atoms with Gasteiger partial charge in [0.15, 0.2) is 0 Å². The van der Waals surface area contributed by atoms with Gasteiger partial charge < -0.3 is 4.74 Å². The van der Waals surface area contributed by atoms with E-state index in [0.29, 0.717) is 11.6 Å². The Labute approximate surface area is 132 Å². The van der Waals surface area contributed by atoms with Crippen molar-refractivity contribution in [1.29, 1.82) is 0 Å². The number of methoxy groups -OCH3 is 1. The van der Waals surface area contributed by atoms with Crippen LogP contribution in [0.4, 0.5) is 0 Å². The molecule has 0 radical (unpaired) electrons. The van der Waals surface area contributed by atoms with Crippen molar-refractivity contribution in [3.8, 4) is 5.75 Å². The molecule has 0 bridgehead atoms. The zero-order chi connectivity index (χ0) is 15.0. The molecule has 0 amide bonds. The van der Waals surface area contributed by atoms with Crippen LogP contribution in [0.5, 0.6) is 5.75 Å². The van der Waals surface area contributed by atoms with Crippen LogP contribution in [0.25, 0.3) is 10.2 Å². The van der Waals surface area contributed by atoms with Crippen molar-refractivity contribution in [3.05, 3.63) is 51.2 Å². The lowest BCUT2D eigenvalue weighted by Crippen LogP contribution is -1.97. The number of nitrogens with zero attached hydrogens (tertiary/aromatic N) is 2. The third kappa shape index (κ3) is 2.74. The summed E-state index contributed by atoms with van der Waals surface area (Å²) in [6, 6.07) is 7.92. The third-order valence-electron chi connectivity index (χ3n) is 3.53. The van der Waals surface area contributed by atoms with Crippen molar-refractivity contribution in [2.75, 3.05) is 7.11 Å². The highest BCUT2D eigenvalue weighted by molar-refractivity contribution is 7.18. The number of aromatic nitrogens is 2. The van der Waals surface area contributed by atoms with E-state index in [1.807, 2.05) is 24.3 Å². The first kappa shape index (κ1) is 14.3. The van der Waals surface area contributed by atoms with Gasteiger partial charge in [-0.2, -0.15) is 0 Å². The molecule has 3 rings (SSSR count). The van der Waals surface area contributed by atoms with Gasteiger partial charge in [-0.05, 0) is 37.1 Å². The molecule has 0 aliphatic rings. The molecule has 108 valence electrons. The summed E-state index contributed by atoms with van der Waals surface area (Å²) in [5.74, 6) is 1.57. The van der Waals surface area contributed by atoms with Gasteiger partial charge in [0.1, 0.15) is 21.6 Å². The van der Waals surface area contributed by atoms with Gasteiger partial charge in [-0.1, -0.05) is 23.7 Å². The van der Waals surface area contributed by atoms with E-state index in [9.17, 15) is 0 Å². The molecule has 1 aromatic carbocycles. The molecule has 0 aliphatic carbocycles. The summed E-state index contributed by atoms with van der Waals surface area (Å²) < 4.78 is 5.24. The number of benzene rings is 1. The largest absolute Gasteiger partial charge is 0.497 e. The Morgan fingerprint density at radius 3 is 2.81 bits per heavy atom. The van der Waals surface area contributed by atoms with E-state index in [4.69, 9.17) is 16.3 Å². The quantitative estimate of drug-likeness (QED) is 0.664. The number of halogens is 1. The monoisotopic (exact) mass is 318 g/mol. The Kier molecular flexibility index (Phi) is 3.83. The minimum Gasteiger partial charge on any atom is -0.497 e. The maximum Gasteiger partial charge on any atom is 0.141 e. The molecule has 0 aliphatic heterocycles. The van der Waals surface area contributed by atoms with Crippen LogP contribution in [-0.4, -0.2) is 17.1 Å². The first-order valence-electron chi connectivity index (χ1n) is 6.63. The van der Waals surface area contributed by atoms with Crippen LogP contribution in [0.15, 0.2) is 24.3 Å². The van der Waals surface area contributed by atoms with Crippen LogP contribution in [0.3, 0.4) is 0 Å².